The zero-order valence-electron chi connectivity index (χ0n) is 8.95. The average Bonchev–Trinajstić information content (AvgIpc) is 2.29. The maximum Gasteiger partial charge on any atom is 0.202 e. The summed E-state index contributed by atoms with van der Waals surface area (Å²) in [6.07, 6.45) is 0.450. The minimum absolute atomic E-state index is 0.177. The van der Waals surface area contributed by atoms with E-state index in [0.717, 1.165) is 11.3 Å². The Morgan fingerprint density at radius 3 is 2.20 bits per heavy atom. The van der Waals surface area contributed by atoms with Crippen LogP contribution in [0.25, 0.3) is 0 Å². The number of ketones is 2. The summed E-state index contributed by atoms with van der Waals surface area (Å²) in [5, 5.41) is 0. The molecule has 0 aliphatic carbocycles. The van der Waals surface area contributed by atoms with E-state index in [0.29, 0.717) is 0 Å². The fourth-order valence-corrected chi connectivity index (χ4v) is 1.22. The van der Waals surface area contributed by atoms with E-state index in [4.69, 9.17) is 4.74 Å². The van der Waals surface area contributed by atoms with Gasteiger partial charge in [-0.05, 0) is 17.7 Å². The second-order valence-electron chi connectivity index (χ2n) is 3.22. The largest absolute Gasteiger partial charge is 0.497 e. The number of Topliss-reactive ketones (excluding diaryl/α,β-unsaturated/α-hetero) is 2. The van der Waals surface area contributed by atoms with E-state index in [9.17, 15) is 9.59 Å². The van der Waals surface area contributed by atoms with Crippen molar-refractivity contribution in [3.05, 3.63) is 29.8 Å². The van der Waals surface area contributed by atoms with Crippen molar-refractivity contribution >= 4 is 11.6 Å². The average molecular weight is 206 g/mol. The van der Waals surface area contributed by atoms with Crippen molar-refractivity contribution < 1.29 is 14.3 Å². The van der Waals surface area contributed by atoms with Gasteiger partial charge in [-0.3, -0.25) is 9.59 Å². The van der Waals surface area contributed by atoms with Crippen molar-refractivity contribution in [2.24, 2.45) is 0 Å². The molecule has 0 bridgehead atoms. The lowest BCUT2D eigenvalue weighted by molar-refractivity contribution is -0.136. The van der Waals surface area contributed by atoms with Crippen LogP contribution in [-0.4, -0.2) is 18.7 Å². The summed E-state index contributed by atoms with van der Waals surface area (Å²) < 4.78 is 4.99. The highest BCUT2D eigenvalue weighted by Gasteiger charge is 2.11. The fraction of sp³-hybridized carbons (Fsp3) is 0.333. The van der Waals surface area contributed by atoms with Gasteiger partial charge in [0.1, 0.15) is 5.75 Å². The Morgan fingerprint density at radius 1 is 1.13 bits per heavy atom. The van der Waals surface area contributed by atoms with Gasteiger partial charge >= 0.3 is 0 Å². The lowest BCUT2D eigenvalue weighted by Gasteiger charge is -2.01. The summed E-state index contributed by atoms with van der Waals surface area (Å²) in [5.41, 5.74) is 0.836. The molecule has 80 valence electrons. The van der Waals surface area contributed by atoms with Gasteiger partial charge in [0.2, 0.25) is 5.78 Å². The summed E-state index contributed by atoms with van der Waals surface area (Å²) in [6, 6.07) is 7.14. The van der Waals surface area contributed by atoms with Gasteiger partial charge in [0, 0.05) is 12.8 Å². The third-order valence-corrected chi connectivity index (χ3v) is 2.16. The van der Waals surface area contributed by atoms with Crippen LogP contribution in [0, 0.1) is 0 Å². The highest BCUT2D eigenvalue weighted by molar-refractivity contribution is 6.37. The van der Waals surface area contributed by atoms with Crippen molar-refractivity contribution in [2.45, 2.75) is 19.8 Å². The first-order valence-corrected chi connectivity index (χ1v) is 4.86. The van der Waals surface area contributed by atoms with E-state index in [2.05, 4.69) is 0 Å². The molecule has 0 saturated carbocycles. The Labute approximate surface area is 89.1 Å². The number of carbonyl (C=O) groups excluding carboxylic acids is 2. The Kier molecular flexibility index (Phi) is 4.03. The van der Waals surface area contributed by atoms with Crippen LogP contribution in [0.5, 0.6) is 5.75 Å². The molecule has 3 heteroatoms. The number of ether oxygens (including phenoxy) is 1. The number of methoxy groups -OCH3 is 1. The first-order valence-electron chi connectivity index (χ1n) is 4.86. The summed E-state index contributed by atoms with van der Waals surface area (Å²) >= 11 is 0. The molecule has 0 aliphatic heterocycles. The van der Waals surface area contributed by atoms with Crippen molar-refractivity contribution in [3.8, 4) is 5.75 Å². The van der Waals surface area contributed by atoms with Gasteiger partial charge in [0.15, 0.2) is 5.78 Å². The summed E-state index contributed by atoms with van der Waals surface area (Å²) in [6.45, 7) is 1.69. The third kappa shape index (κ3) is 3.20. The number of rotatable bonds is 5. The minimum Gasteiger partial charge on any atom is -0.497 e. The number of carbonyl (C=O) groups is 2. The SMILES string of the molecule is CCC(=O)C(=O)Cc1ccc(OC)cc1. The number of benzene rings is 1. The predicted octanol–water partition coefficient (Wildman–Crippen LogP) is 1.79. The second kappa shape index (κ2) is 5.29. The molecule has 0 radical (unpaired) electrons. The van der Waals surface area contributed by atoms with Gasteiger partial charge < -0.3 is 4.74 Å². The quantitative estimate of drug-likeness (QED) is 0.690. The van der Waals surface area contributed by atoms with Crippen LogP contribution in [-0.2, 0) is 16.0 Å². The second-order valence-corrected chi connectivity index (χ2v) is 3.22. The first kappa shape index (κ1) is 11.4. The number of hydrogen-bond donors (Lipinski definition) is 0. The Morgan fingerprint density at radius 2 is 1.73 bits per heavy atom. The minimum atomic E-state index is -0.331. The zero-order chi connectivity index (χ0) is 11.3. The third-order valence-electron chi connectivity index (χ3n) is 2.16. The molecule has 0 spiro atoms. The van der Waals surface area contributed by atoms with Gasteiger partial charge in [-0.1, -0.05) is 19.1 Å². The molecule has 0 saturated heterocycles. The van der Waals surface area contributed by atoms with E-state index in [1.807, 2.05) is 0 Å². The monoisotopic (exact) mass is 206 g/mol. The van der Waals surface area contributed by atoms with Crippen LogP contribution in [0.4, 0.5) is 0 Å². The smallest absolute Gasteiger partial charge is 0.202 e. The molecular weight excluding hydrogens is 192 g/mol. The Hall–Kier alpha value is -1.64. The topological polar surface area (TPSA) is 43.4 Å². The lowest BCUT2D eigenvalue weighted by atomic mass is 10.1. The molecule has 1 aromatic rings. The summed E-state index contributed by atoms with van der Waals surface area (Å²) in [5.74, 6) is 0.0986. The van der Waals surface area contributed by atoms with Crippen LogP contribution in [0.2, 0.25) is 0 Å². The molecule has 0 aromatic heterocycles. The predicted molar refractivity (Wildman–Crippen MR) is 57.0 cm³/mol. The molecule has 1 aromatic carbocycles. The van der Waals surface area contributed by atoms with Crippen molar-refractivity contribution in [1.82, 2.24) is 0 Å². The molecule has 0 amide bonds. The Balaban J connectivity index is 2.65. The van der Waals surface area contributed by atoms with Gasteiger partial charge in [0.05, 0.1) is 7.11 Å². The highest BCUT2D eigenvalue weighted by Crippen LogP contribution is 2.12. The van der Waals surface area contributed by atoms with Crippen molar-refractivity contribution in [1.29, 1.82) is 0 Å². The lowest BCUT2D eigenvalue weighted by Crippen LogP contribution is -2.14. The zero-order valence-corrected chi connectivity index (χ0v) is 8.95. The standard InChI is InChI=1S/C12H14O3/c1-3-11(13)12(14)8-9-4-6-10(15-2)7-5-9/h4-7H,3,8H2,1-2H3. The summed E-state index contributed by atoms with van der Waals surface area (Å²) in [7, 11) is 1.58. The number of hydrogen-bond acceptors (Lipinski definition) is 3. The Bertz CT molecular complexity index is 352. The maximum absolute atomic E-state index is 11.3. The molecule has 0 aliphatic rings. The first-order chi connectivity index (χ1) is 7.17. The molecule has 0 N–H and O–H groups in total. The van der Waals surface area contributed by atoms with E-state index in [1.165, 1.54) is 0 Å². The molecule has 1 rings (SSSR count). The van der Waals surface area contributed by atoms with Gasteiger partial charge in [-0.15, -0.1) is 0 Å². The molecule has 3 nitrogen and oxygen atoms in total. The molecule has 15 heavy (non-hydrogen) atoms. The maximum atomic E-state index is 11.3. The van der Waals surface area contributed by atoms with Gasteiger partial charge in [-0.2, -0.15) is 0 Å². The van der Waals surface area contributed by atoms with E-state index >= 15 is 0 Å². The van der Waals surface area contributed by atoms with E-state index in [-0.39, 0.29) is 24.4 Å². The normalized spacial score (nSPS) is 9.73. The van der Waals surface area contributed by atoms with E-state index in [1.54, 1.807) is 38.3 Å². The van der Waals surface area contributed by atoms with Crippen molar-refractivity contribution in [3.63, 3.8) is 0 Å². The van der Waals surface area contributed by atoms with Gasteiger partial charge in [-0.25, -0.2) is 0 Å². The van der Waals surface area contributed by atoms with Gasteiger partial charge in [0.25, 0.3) is 0 Å². The van der Waals surface area contributed by atoms with Crippen LogP contribution in [0.1, 0.15) is 18.9 Å². The summed E-state index contributed by atoms with van der Waals surface area (Å²) in [4.78, 5) is 22.4. The van der Waals surface area contributed by atoms with E-state index < -0.39 is 0 Å². The van der Waals surface area contributed by atoms with Crippen molar-refractivity contribution in [2.75, 3.05) is 7.11 Å². The molecule has 0 atom stereocenters. The molecule has 0 heterocycles. The molecule has 0 unspecified atom stereocenters. The molecule has 0 fully saturated rings. The van der Waals surface area contributed by atoms with Crippen LogP contribution >= 0.6 is 0 Å². The van der Waals surface area contributed by atoms with Crippen LogP contribution < -0.4 is 4.74 Å². The molecular formula is C12H14O3. The van der Waals surface area contributed by atoms with Crippen LogP contribution in [0.15, 0.2) is 24.3 Å². The highest BCUT2D eigenvalue weighted by atomic mass is 16.5. The van der Waals surface area contributed by atoms with Crippen LogP contribution in [0.3, 0.4) is 0 Å². The fourth-order valence-electron chi connectivity index (χ4n) is 1.22.